The van der Waals surface area contributed by atoms with Crippen LogP contribution in [-0.2, 0) is 0 Å². The minimum atomic E-state index is -2.71. The predicted octanol–water partition coefficient (Wildman–Crippen LogP) is 3.94. The highest BCUT2D eigenvalue weighted by Crippen LogP contribution is 2.37. The summed E-state index contributed by atoms with van der Waals surface area (Å²) in [4.78, 5) is 4.09. The monoisotopic (exact) mass is 366 g/mol. The summed E-state index contributed by atoms with van der Waals surface area (Å²) in [5.74, 6) is 0.840. The van der Waals surface area contributed by atoms with E-state index in [1.165, 1.54) is 31.3 Å². The van der Waals surface area contributed by atoms with Crippen LogP contribution in [0.4, 0.5) is 8.78 Å². The second kappa shape index (κ2) is 7.02. The molecule has 1 aromatic carbocycles. The van der Waals surface area contributed by atoms with E-state index in [1.807, 2.05) is 0 Å². The van der Waals surface area contributed by atoms with Crippen molar-refractivity contribution in [2.75, 3.05) is 14.2 Å². The maximum absolute atomic E-state index is 12.8. The average Bonchev–Trinajstić information content (AvgIpc) is 3.11. The third kappa shape index (κ3) is 3.39. The normalized spacial score (nSPS) is 11.0. The van der Waals surface area contributed by atoms with Crippen LogP contribution in [0.2, 0.25) is 5.02 Å². The van der Waals surface area contributed by atoms with Gasteiger partial charge in [0.2, 0.25) is 5.88 Å². The highest BCUT2D eigenvalue weighted by atomic mass is 35.5. The zero-order valence-corrected chi connectivity index (χ0v) is 14.0. The van der Waals surface area contributed by atoms with Crippen molar-refractivity contribution < 1.29 is 18.3 Å². The van der Waals surface area contributed by atoms with Crippen LogP contribution in [0, 0.1) is 0 Å². The summed E-state index contributed by atoms with van der Waals surface area (Å²) in [6, 6.07) is 6.64. The highest BCUT2D eigenvalue weighted by molar-refractivity contribution is 6.31. The maximum Gasteiger partial charge on any atom is 0.283 e. The molecule has 130 valence electrons. The second-order valence-corrected chi connectivity index (χ2v) is 5.41. The van der Waals surface area contributed by atoms with Gasteiger partial charge in [-0.05, 0) is 18.2 Å². The molecule has 2 heterocycles. The molecule has 0 aliphatic rings. The number of rotatable bonds is 5. The molecule has 3 rings (SSSR count). The number of halogens is 3. The molecule has 3 aromatic rings. The molecular weight excluding hydrogens is 354 g/mol. The van der Waals surface area contributed by atoms with Crippen molar-refractivity contribution >= 4 is 11.6 Å². The molecule has 25 heavy (non-hydrogen) atoms. The fourth-order valence-corrected chi connectivity index (χ4v) is 2.50. The third-order valence-electron chi connectivity index (χ3n) is 3.50. The Labute approximate surface area is 147 Å². The van der Waals surface area contributed by atoms with E-state index in [1.54, 1.807) is 24.3 Å². The van der Waals surface area contributed by atoms with Crippen LogP contribution >= 0.6 is 11.6 Å². The molecule has 0 bridgehead atoms. The fraction of sp³-hybridized carbons (Fsp3) is 0.188. The molecular formula is C16H13ClF2N4O2. The van der Waals surface area contributed by atoms with Gasteiger partial charge in [0.05, 0.1) is 32.3 Å². The molecule has 0 fully saturated rings. The van der Waals surface area contributed by atoms with E-state index in [4.69, 9.17) is 21.1 Å². The van der Waals surface area contributed by atoms with Crippen molar-refractivity contribution in [1.29, 1.82) is 0 Å². The van der Waals surface area contributed by atoms with Crippen LogP contribution in [0.15, 0.2) is 36.7 Å². The summed E-state index contributed by atoms with van der Waals surface area (Å²) in [5, 5.41) is 7.73. The smallest absolute Gasteiger partial charge is 0.283 e. The van der Waals surface area contributed by atoms with Gasteiger partial charge < -0.3 is 9.47 Å². The van der Waals surface area contributed by atoms with E-state index in [-0.39, 0.29) is 0 Å². The second-order valence-electron chi connectivity index (χ2n) is 4.98. The van der Waals surface area contributed by atoms with Gasteiger partial charge >= 0.3 is 0 Å². The molecule has 0 aliphatic heterocycles. The van der Waals surface area contributed by atoms with E-state index in [0.29, 0.717) is 33.5 Å². The SMILES string of the molecule is COc1cc(-c2cc(Cl)ccc2-n2cc(C(F)F)nn2)c(OC)cn1. The topological polar surface area (TPSA) is 62.1 Å². The summed E-state index contributed by atoms with van der Waals surface area (Å²) in [7, 11) is 2.99. The number of benzene rings is 1. The minimum Gasteiger partial charge on any atom is -0.494 e. The largest absolute Gasteiger partial charge is 0.494 e. The summed E-state index contributed by atoms with van der Waals surface area (Å²) in [5.41, 5.74) is 1.33. The molecule has 2 aromatic heterocycles. The molecule has 0 saturated carbocycles. The van der Waals surface area contributed by atoms with Crippen molar-refractivity contribution in [2.45, 2.75) is 6.43 Å². The number of aromatic nitrogens is 4. The number of ether oxygens (including phenoxy) is 2. The number of hydrogen-bond donors (Lipinski definition) is 0. The number of alkyl halides is 2. The highest BCUT2D eigenvalue weighted by Gasteiger charge is 2.18. The van der Waals surface area contributed by atoms with E-state index < -0.39 is 12.1 Å². The number of methoxy groups -OCH3 is 2. The van der Waals surface area contributed by atoms with Crippen LogP contribution in [0.5, 0.6) is 11.6 Å². The van der Waals surface area contributed by atoms with E-state index in [9.17, 15) is 8.78 Å². The molecule has 0 radical (unpaired) electrons. The van der Waals surface area contributed by atoms with Gasteiger partial charge in [0.15, 0.2) is 0 Å². The molecule has 0 saturated heterocycles. The Morgan fingerprint density at radius 1 is 1.12 bits per heavy atom. The van der Waals surface area contributed by atoms with Gasteiger partial charge in [-0.1, -0.05) is 16.8 Å². The quantitative estimate of drug-likeness (QED) is 0.684. The lowest BCUT2D eigenvalue weighted by Gasteiger charge is -2.14. The lowest BCUT2D eigenvalue weighted by molar-refractivity contribution is 0.146. The lowest BCUT2D eigenvalue weighted by atomic mass is 10.0. The summed E-state index contributed by atoms with van der Waals surface area (Å²) in [6.07, 6.45) is -0.0346. The van der Waals surface area contributed by atoms with Crippen LogP contribution in [0.1, 0.15) is 12.1 Å². The van der Waals surface area contributed by atoms with Gasteiger partial charge in [-0.25, -0.2) is 18.4 Å². The predicted molar refractivity (Wildman–Crippen MR) is 87.7 cm³/mol. The molecule has 0 unspecified atom stereocenters. The van der Waals surface area contributed by atoms with E-state index in [0.717, 1.165) is 0 Å². The fourth-order valence-electron chi connectivity index (χ4n) is 2.33. The van der Waals surface area contributed by atoms with Crippen molar-refractivity contribution in [3.8, 4) is 28.4 Å². The van der Waals surface area contributed by atoms with Crippen LogP contribution in [-0.4, -0.2) is 34.2 Å². The Morgan fingerprint density at radius 2 is 1.92 bits per heavy atom. The van der Waals surface area contributed by atoms with Crippen molar-refractivity contribution in [3.05, 3.63) is 47.4 Å². The maximum atomic E-state index is 12.8. The number of hydrogen-bond acceptors (Lipinski definition) is 5. The Morgan fingerprint density at radius 3 is 2.56 bits per heavy atom. The zero-order chi connectivity index (χ0) is 18.0. The minimum absolute atomic E-state index is 0.369. The molecule has 0 spiro atoms. The molecule has 9 heteroatoms. The van der Waals surface area contributed by atoms with Crippen LogP contribution in [0.3, 0.4) is 0 Å². The molecule has 6 nitrogen and oxygen atoms in total. The Balaban J connectivity index is 2.21. The summed E-state index contributed by atoms with van der Waals surface area (Å²) >= 11 is 6.13. The van der Waals surface area contributed by atoms with E-state index >= 15 is 0 Å². The first-order chi connectivity index (χ1) is 12.0. The van der Waals surface area contributed by atoms with Gasteiger partial charge in [0.1, 0.15) is 11.4 Å². The van der Waals surface area contributed by atoms with Crippen molar-refractivity contribution in [3.63, 3.8) is 0 Å². The first-order valence-electron chi connectivity index (χ1n) is 7.12. The zero-order valence-electron chi connectivity index (χ0n) is 13.3. The molecule has 0 atom stereocenters. The first-order valence-corrected chi connectivity index (χ1v) is 7.50. The van der Waals surface area contributed by atoms with Gasteiger partial charge in [-0.15, -0.1) is 5.10 Å². The van der Waals surface area contributed by atoms with Gasteiger partial charge in [0, 0.05) is 22.2 Å². The lowest BCUT2D eigenvalue weighted by Crippen LogP contribution is -2.00. The standard InChI is InChI=1S/C16H13ClF2N4O2/c1-24-14-7-20-15(25-2)6-11(14)10-5-9(17)3-4-13(10)23-8-12(16(18)19)21-22-23/h3-8,16H,1-2H3. The van der Waals surface area contributed by atoms with Crippen LogP contribution in [0.25, 0.3) is 16.8 Å². The summed E-state index contributed by atoms with van der Waals surface area (Å²) in [6.45, 7) is 0. The third-order valence-corrected chi connectivity index (χ3v) is 3.74. The number of pyridine rings is 1. The molecule has 0 amide bonds. The van der Waals surface area contributed by atoms with E-state index in [2.05, 4.69) is 15.3 Å². The van der Waals surface area contributed by atoms with Crippen LogP contribution < -0.4 is 9.47 Å². The Bertz CT molecular complexity index is 902. The van der Waals surface area contributed by atoms with Gasteiger partial charge in [0.25, 0.3) is 6.43 Å². The Hall–Kier alpha value is -2.74. The van der Waals surface area contributed by atoms with Gasteiger partial charge in [-0.2, -0.15) is 0 Å². The molecule has 0 aliphatic carbocycles. The van der Waals surface area contributed by atoms with Crippen molar-refractivity contribution in [2.24, 2.45) is 0 Å². The Kier molecular flexibility index (Phi) is 4.80. The number of nitrogens with zero attached hydrogens (tertiary/aromatic N) is 4. The molecule has 0 N–H and O–H groups in total. The average molecular weight is 367 g/mol. The summed E-state index contributed by atoms with van der Waals surface area (Å²) < 4.78 is 37.4. The van der Waals surface area contributed by atoms with Crippen molar-refractivity contribution in [1.82, 2.24) is 20.0 Å². The first kappa shape index (κ1) is 17.1. The van der Waals surface area contributed by atoms with Gasteiger partial charge in [-0.3, -0.25) is 0 Å².